The van der Waals surface area contributed by atoms with Crippen LogP contribution in [0.15, 0.2) is 0 Å². The minimum atomic E-state index is 0. The van der Waals surface area contributed by atoms with Crippen molar-refractivity contribution in [3.05, 3.63) is 17.0 Å². The number of aromatic nitrogens is 2. The van der Waals surface area contributed by atoms with Crippen LogP contribution in [0.2, 0.25) is 0 Å². The van der Waals surface area contributed by atoms with Gasteiger partial charge in [-0.15, -0.1) is 12.4 Å². The van der Waals surface area contributed by atoms with Gasteiger partial charge in [0, 0.05) is 51.0 Å². The number of hydrogen-bond donors (Lipinski definition) is 2. The lowest BCUT2D eigenvalue weighted by Gasteiger charge is -2.22. The fourth-order valence-corrected chi connectivity index (χ4v) is 2.42. The Morgan fingerprint density at radius 1 is 1.43 bits per heavy atom. The number of carbonyl (C=O) groups is 1. The Bertz CT molecular complexity index is 442. The number of ether oxygens (including phenoxy) is 1. The van der Waals surface area contributed by atoms with Crippen LogP contribution in [0.4, 0.5) is 0 Å². The third-order valence-corrected chi connectivity index (χ3v) is 3.64. The molecule has 1 aliphatic heterocycles. The fourth-order valence-electron chi connectivity index (χ4n) is 2.42. The molecule has 21 heavy (non-hydrogen) atoms. The topological polar surface area (TPSA) is 70.2 Å². The number of nitrogens with one attached hydrogen (secondary N) is 2. The minimum Gasteiger partial charge on any atom is -0.383 e. The largest absolute Gasteiger partial charge is 0.383 e. The van der Waals surface area contributed by atoms with E-state index in [0.717, 1.165) is 50.2 Å². The Kier molecular flexibility index (Phi) is 7.71. The number of aromatic amines is 1. The number of carbonyl (C=O) groups excluding carboxylic acids is 1. The van der Waals surface area contributed by atoms with Gasteiger partial charge in [-0.2, -0.15) is 5.10 Å². The Balaban J connectivity index is 0.00000220. The van der Waals surface area contributed by atoms with E-state index < -0.39 is 0 Å². The van der Waals surface area contributed by atoms with Gasteiger partial charge in [0.25, 0.3) is 5.91 Å². The number of hydrogen-bond acceptors (Lipinski definition) is 4. The molecule has 0 fully saturated rings. The molecule has 0 radical (unpaired) electrons. The molecule has 1 aromatic rings. The SMILES string of the molecule is CCCCN(CCOC)C(=O)c1n[nH]c2c1CNCC2.Cl. The first kappa shape index (κ1) is 17.9. The maximum atomic E-state index is 12.6. The number of halogens is 1. The van der Waals surface area contributed by atoms with E-state index in [1.165, 1.54) is 0 Å². The number of rotatable bonds is 7. The fraction of sp³-hybridized carbons (Fsp3) is 0.714. The van der Waals surface area contributed by atoms with Crippen LogP contribution in [-0.2, 0) is 17.7 Å². The second-order valence-electron chi connectivity index (χ2n) is 5.09. The molecule has 0 saturated carbocycles. The Morgan fingerprint density at radius 2 is 2.24 bits per heavy atom. The summed E-state index contributed by atoms with van der Waals surface area (Å²) in [5.41, 5.74) is 2.69. The zero-order valence-corrected chi connectivity index (χ0v) is 13.6. The maximum absolute atomic E-state index is 12.6. The van der Waals surface area contributed by atoms with Crippen molar-refractivity contribution in [3.8, 4) is 0 Å². The molecule has 2 N–H and O–H groups in total. The highest BCUT2D eigenvalue weighted by Gasteiger charge is 2.25. The second-order valence-corrected chi connectivity index (χ2v) is 5.09. The normalized spacial score (nSPS) is 13.4. The van der Waals surface area contributed by atoms with Crippen LogP contribution < -0.4 is 5.32 Å². The molecule has 0 aromatic carbocycles. The molecule has 2 heterocycles. The summed E-state index contributed by atoms with van der Waals surface area (Å²) in [6, 6.07) is 0. The predicted octanol–water partition coefficient (Wildman–Crippen LogP) is 1.37. The molecule has 1 amide bonds. The molecule has 2 rings (SSSR count). The van der Waals surface area contributed by atoms with Gasteiger partial charge >= 0.3 is 0 Å². The second kappa shape index (κ2) is 9.02. The number of methoxy groups -OCH3 is 1. The van der Waals surface area contributed by atoms with Crippen molar-refractivity contribution in [2.45, 2.75) is 32.7 Å². The number of nitrogens with zero attached hydrogens (tertiary/aromatic N) is 2. The molecular weight excluding hydrogens is 292 g/mol. The highest BCUT2D eigenvalue weighted by atomic mass is 35.5. The lowest BCUT2D eigenvalue weighted by molar-refractivity contribution is 0.0686. The lowest BCUT2D eigenvalue weighted by atomic mass is 10.1. The first-order valence-electron chi connectivity index (χ1n) is 7.33. The van der Waals surface area contributed by atoms with Gasteiger partial charge in [-0.25, -0.2) is 0 Å². The Hall–Kier alpha value is -1.11. The summed E-state index contributed by atoms with van der Waals surface area (Å²) >= 11 is 0. The van der Waals surface area contributed by atoms with Crippen LogP contribution in [0, 0.1) is 0 Å². The van der Waals surface area contributed by atoms with Crippen LogP contribution in [0.3, 0.4) is 0 Å². The summed E-state index contributed by atoms with van der Waals surface area (Å²) in [6.45, 7) is 5.71. The molecule has 0 saturated heterocycles. The summed E-state index contributed by atoms with van der Waals surface area (Å²) in [4.78, 5) is 14.5. The zero-order valence-electron chi connectivity index (χ0n) is 12.8. The van der Waals surface area contributed by atoms with Gasteiger partial charge in [0.1, 0.15) is 0 Å². The highest BCUT2D eigenvalue weighted by Crippen LogP contribution is 2.17. The number of amides is 1. The predicted molar refractivity (Wildman–Crippen MR) is 83.9 cm³/mol. The van der Waals surface area contributed by atoms with Gasteiger partial charge in [-0.1, -0.05) is 13.3 Å². The van der Waals surface area contributed by atoms with Crippen LogP contribution in [0.5, 0.6) is 0 Å². The van der Waals surface area contributed by atoms with Crippen LogP contribution in [-0.4, -0.2) is 54.4 Å². The van der Waals surface area contributed by atoms with E-state index in [1.54, 1.807) is 7.11 Å². The molecule has 0 unspecified atom stereocenters. The van der Waals surface area contributed by atoms with Crippen molar-refractivity contribution < 1.29 is 9.53 Å². The highest BCUT2D eigenvalue weighted by molar-refractivity contribution is 5.94. The molecule has 7 heteroatoms. The number of H-pyrrole nitrogens is 1. The molecule has 1 aromatic heterocycles. The quantitative estimate of drug-likeness (QED) is 0.797. The van der Waals surface area contributed by atoms with Gasteiger partial charge < -0.3 is 15.0 Å². The van der Waals surface area contributed by atoms with E-state index in [1.807, 2.05) is 4.90 Å². The molecule has 6 nitrogen and oxygen atoms in total. The summed E-state index contributed by atoms with van der Waals surface area (Å²) < 4.78 is 5.10. The molecule has 0 atom stereocenters. The van der Waals surface area contributed by atoms with E-state index in [9.17, 15) is 4.79 Å². The van der Waals surface area contributed by atoms with E-state index in [-0.39, 0.29) is 18.3 Å². The third-order valence-electron chi connectivity index (χ3n) is 3.64. The molecule has 0 aliphatic carbocycles. The first-order chi connectivity index (χ1) is 9.77. The monoisotopic (exact) mass is 316 g/mol. The summed E-state index contributed by atoms with van der Waals surface area (Å²) in [6.07, 6.45) is 2.97. The Morgan fingerprint density at radius 3 is 2.95 bits per heavy atom. The minimum absolute atomic E-state index is 0. The molecule has 1 aliphatic rings. The maximum Gasteiger partial charge on any atom is 0.274 e. The van der Waals surface area contributed by atoms with Gasteiger partial charge in [-0.3, -0.25) is 9.89 Å². The molecular formula is C14H25ClN4O2. The lowest BCUT2D eigenvalue weighted by Crippen LogP contribution is -2.36. The average Bonchev–Trinajstić information content (AvgIpc) is 2.91. The van der Waals surface area contributed by atoms with Gasteiger partial charge in [0.05, 0.1) is 6.61 Å². The van der Waals surface area contributed by atoms with Crippen molar-refractivity contribution in [3.63, 3.8) is 0 Å². The summed E-state index contributed by atoms with van der Waals surface area (Å²) in [5, 5.41) is 10.5. The van der Waals surface area contributed by atoms with E-state index in [2.05, 4.69) is 22.4 Å². The van der Waals surface area contributed by atoms with Crippen molar-refractivity contribution in [2.24, 2.45) is 0 Å². The Labute approximate surface area is 132 Å². The van der Waals surface area contributed by atoms with Crippen LogP contribution in [0.1, 0.15) is 41.5 Å². The van der Waals surface area contributed by atoms with Crippen LogP contribution >= 0.6 is 12.4 Å². The van der Waals surface area contributed by atoms with Gasteiger partial charge in [0.2, 0.25) is 0 Å². The third kappa shape index (κ3) is 4.43. The van der Waals surface area contributed by atoms with Crippen molar-refractivity contribution in [2.75, 3.05) is 33.4 Å². The van der Waals surface area contributed by atoms with Crippen molar-refractivity contribution in [1.29, 1.82) is 0 Å². The van der Waals surface area contributed by atoms with Gasteiger partial charge in [0.15, 0.2) is 5.69 Å². The van der Waals surface area contributed by atoms with E-state index >= 15 is 0 Å². The number of unbranched alkanes of at least 4 members (excludes halogenated alkanes) is 1. The molecule has 0 bridgehead atoms. The van der Waals surface area contributed by atoms with Crippen LogP contribution in [0.25, 0.3) is 0 Å². The standard InChI is InChI=1S/C14H24N4O2.ClH/c1-3-4-7-18(8-9-20-2)14(19)13-11-10-15-6-5-12(11)16-17-13;/h15H,3-10H2,1-2H3,(H,16,17);1H. The molecule has 120 valence electrons. The van der Waals surface area contributed by atoms with Gasteiger partial charge in [-0.05, 0) is 6.42 Å². The van der Waals surface area contributed by atoms with Crippen molar-refractivity contribution in [1.82, 2.24) is 20.4 Å². The van der Waals surface area contributed by atoms with Crippen molar-refractivity contribution >= 4 is 18.3 Å². The summed E-state index contributed by atoms with van der Waals surface area (Å²) in [7, 11) is 1.66. The first-order valence-corrected chi connectivity index (χ1v) is 7.33. The average molecular weight is 317 g/mol. The zero-order chi connectivity index (χ0) is 14.4. The number of fused-ring (bicyclic) bond motifs is 1. The van der Waals surface area contributed by atoms with E-state index in [4.69, 9.17) is 4.74 Å². The van der Waals surface area contributed by atoms with E-state index in [0.29, 0.717) is 18.8 Å². The smallest absolute Gasteiger partial charge is 0.274 e. The molecule has 0 spiro atoms. The summed E-state index contributed by atoms with van der Waals surface area (Å²) in [5.74, 6) is 0.0108.